The Morgan fingerprint density at radius 3 is 2.47 bits per heavy atom. The molecule has 0 saturated heterocycles. The number of ether oxygens (including phenoxy) is 1. The Balaban J connectivity index is 1.86. The molecule has 1 aromatic heterocycles. The van der Waals surface area contributed by atoms with E-state index in [1.165, 1.54) is 24.3 Å². The van der Waals surface area contributed by atoms with E-state index in [1.807, 2.05) is 0 Å². The number of rotatable bonds is 9. The highest BCUT2D eigenvalue weighted by Crippen LogP contribution is 2.37. The third kappa shape index (κ3) is 5.84. The molecule has 8 nitrogen and oxygen atoms in total. The van der Waals surface area contributed by atoms with E-state index in [9.17, 15) is 23.3 Å². The van der Waals surface area contributed by atoms with Gasteiger partial charge in [0.2, 0.25) is 5.95 Å². The lowest BCUT2D eigenvalue weighted by Crippen LogP contribution is -2.13. The summed E-state index contributed by atoms with van der Waals surface area (Å²) in [5, 5.41) is 16.4. The number of hydrogen-bond donors (Lipinski definition) is 2. The zero-order valence-corrected chi connectivity index (χ0v) is 17.0. The Morgan fingerprint density at radius 2 is 1.81 bits per heavy atom. The van der Waals surface area contributed by atoms with Crippen LogP contribution >= 0.6 is 0 Å². The van der Waals surface area contributed by atoms with Crippen LogP contribution in [0, 0.1) is 10.1 Å². The number of nitro groups is 1. The van der Waals surface area contributed by atoms with Gasteiger partial charge in [0.15, 0.2) is 0 Å². The van der Waals surface area contributed by atoms with Crippen LogP contribution in [0.2, 0.25) is 0 Å². The van der Waals surface area contributed by atoms with Crippen molar-refractivity contribution in [3.63, 3.8) is 0 Å². The molecule has 0 bridgehead atoms. The average Bonchev–Trinajstić information content (AvgIpc) is 2.75. The van der Waals surface area contributed by atoms with Gasteiger partial charge in [0.1, 0.15) is 22.8 Å². The minimum absolute atomic E-state index is 0.112. The molecule has 0 fully saturated rings. The maximum atomic E-state index is 13.5. The summed E-state index contributed by atoms with van der Waals surface area (Å²) in [5.74, 6) is -0.0568. The van der Waals surface area contributed by atoms with Gasteiger partial charge in [-0.15, -0.1) is 0 Å². The van der Waals surface area contributed by atoms with Gasteiger partial charge in [-0.25, -0.2) is 4.98 Å². The number of halogens is 3. The summed E-state index contributed by atoms with van der Waals surface area (Å²) < 4.78 is 45.9. The van der Waals surface area contributed by atoms with Gasteiger partial charge < -0.3 is 15.4 Å². The molecule has 1 heterocycles. The van der Waals surface area contributed by atoms with Crippen molar-refractivity contribution in [3.05, 3.63) is 70.4 Å². The van der Waals surface area contributed by atoms with Crippen LogP contribution in [0.4, 0.5) is 42.0 Å². The quantitative estimate of drug-likeness (QED) is 0.233. The molecule has 3 aromatic rings. The van der Waals surface area contributed by atoms with Gasteiger partial charge in [0, 0.05) is 18.0 Å². The van der Waals surface area contributed by atoms with Crippen molar-refractivity contribution in [2.75, 3.05) is 17.2 Å². The molecular formula is C21H20F3N5O3. The average molecular weight is 447 g/mol. The van der Waals surface area contributed by atoms with Crippen molar-refractivity contribution in [3.8, 4) is 5.75 Å². The summed E-state index contributed by atoms with van der Waals surface area (Å²) in [6.45, 7) is 2.64. The van der Waals surface area contributed by atoms with E-state index in [4.69, 9.17) is 4.74 Å². The smallest absolute Gasteiger partial charge is 0.421 e. The summed E-state index contributed by atoms with van der Waals surface area (Å²) in [7, 11) is 0. The highest BCUT2D eigenvalue weighted by atomic mass is 19.4. The Bertz CT molecular complexity index is 1080. The van der Waals surface area contributed by atoms with E-state index in [1.54, 1.807) is 24.3 Å². The Kier molecular flexibility index (Phi) is 7.08. The molecule has 0 amide bonds. The molecule has 2 aromatic carbocycles. The second-order valence-corrected chi connectivity index (χ2v) is 6.70. The second kappa shape index (κ2) is 9.94. The number of aromatic nitrogens is 2. The highest BCUT2D eigenvalue weighted by molar-refractivity contribution is 5.70. The number of hydrogen-bond acceptors (Lipinski definition) is 7. The number of nitro benzene ring substituents is 1. The molecule has 2 N–H and O–H groups in total. The summed E-state index contributed by atoms with van der Waals surface area (Å²) in [6.07, 6.45) is -2.21. The van der Waals surface area contributed by atoms with Crippen molar-refractivity contribution >= 4 is 28.8 Å². The Labute approximate surface area is 181 Å². The number of nitrogens with zero attached hydrogens (tertiary/aromatic N) is 3. The predicted octanol–water partition coefficient (Wildman–Crippen LogP) is 6.07. The van der Waals surface area contributed by atoms with E-state index in [0.29, 0.717) is 24.2 Å². The number of benzene rings is 2. The topological polar surface area (TPSA) is 102 Å². The standard InChI is InChI=1S/C21H20F3N5O3/c1-2-3-12-32-15-10-8-14(9-11-15)26-20-25-13-16(21(22,23)24)19(28-20)27-17-6-4-5-7-18(17)29(30)31/h4-11,13H,2-3,12H2,1H3,(H2,25,26,27,28). The lowest BCUT2D eigenvalue weighted by atomic mass is 10.2. The molecule has 32 heavy (non-hydrogen) atoms. The van der Waals surface area contributed by atoms with Crippen LogP contribution < -0.4 is 15.4 Å². The van der Waals surface area contributed by atoms with Gasteiger partial charge in [-0.2, -0.15) is 18.2 Å². The van der Waals surface area contributed by atoms with Crippen LogP contribution in [0.5, 0.6) is 5.75 Å². The van der Waals surface area contributed by atoms with Crippen LogP contribution in [0.3, 0.4) is 0 Å². The van der Waals surface area contributed by atoms with Gasteiger partial charge in [-0.1, -0.05) is 25.5 Å². The minimum atomic E-state index is -4.76. The number of unbranched alkanes of at least 4 members (excludes halogenated alkanes) is 1. The van der Waals surface area contributed by atoms with E-state index in [2.05, 4.69) is 27.5 Å². The first-order valence-corrected chi connectivity index (χ1v) is 9.72. The van der Waals surface area contributed by atoms with Crippen LogP contribution in [0.15, 0.2) is 54.7 Å². The second-order valence-electron chi connectivity index (χ2n) is 6.70. The number of anilines is 4. The fourth-order valence-corrected chi connectivity index (χ4v) is 2.71. The van der Waals surface area contributed by atoms with Crippen LogP contribution in [-0.2, 0) is 6.18 Å². The molecule has 168 valence electrons. The minimum Gasteiger partial charge on any atom is -0.494 e. The maximum Gasteiger partial charge on any atom is 0.421 e. The SMILES string of the molecule is CCCCOc1ccc(Nc2ncc(C(F)(F)F)c(Nc3ccccc3[N+](=O)[O-])n2)cc1. The normalized spacial score (nSPS) is 11.1. The maximum absolute atomic E-state index is 13.5. The number of nitrogens with one attached hydrogen (secondary N) is 2. The molecule has 0 saturated carbocycles. The lowest BCUT2D eigenvalue weighted by Gasteiger charge is -2.15. The molecule has 0 spiro atoms. The van der Waals surface area contributed by atoms with E-state index in [0.717, 1.165) is 12.8 Å². The molecule has 3 rings (SSSR count). The molecule has 11 heteroatoms. The molecule has 0 aliphatic heterocycles. The first-order chi connectivity index (χ1) is 15.3. The molecule has 0 atom stereocenters. The van der Waals surface area contributed by atoms with Crippen molar-refractivity contribution < 1.29 is 22.8 Å². The highest BCUT2D eigenvalue weighted by Gasteiger charge is 2.36. The molecular weight excluding hydrogens is 427 g/mol. The zero-order chi connectivity index (χ0) is 23.1. The lowest BCUT2D eigenvalue weighted by molar-refractivity contribution is -0.383. The van der Waals surface area contributed by atoms with Gasteiger partial charge in [0.25, 0.3) is 5.69 Å². The Morgan fingerprint density at radius 1 is 1.09 bits per heavy atom. The van der Waals surface area contributed by atoms with Gasteiger partial charge in [0.05, 0.1) is 11.5 Å². The first-order valence-electron chi connectivity index (χ1n) is 9.72. The summed E-state index contributed by atoms with van der Waals surface area (Å²) >= 11 is 0. The summed E-state index contributed by atoms with van der Waals surface area (Å²) in [6, 6.07) is 12.1. The Hall–Kier alpha value is -3.89. The van der Waals surface area contributed by atoms with E-state index >= 15 is 0 Å². The largest absolute Gasteiger partial charge is 0.494 e. The van der Waals surface area contributed by atoms with Crippen LogP contribution in [0.25, 0.3) is 0 Å². The van der Waals surface area contributed by atoms with Gasteiger partial charge in [-0.3, -0.25) is 10.1 Å². The van der Waals surface area contributed by atoms with Crippen LogP contribution in [-0.4, -0.2) is 21.5 Å². The van der Waals surface area contributed by atoms with E-state index < -0.39 is 22.5 Å². The predicted molar refractivity (Wildman–Crippen MR) is 114 cm³/mol. The third-order valence-electron chi connectivity index (χ3n) is 4.33. The van der Waals surface area contributed by atoms with E-state index in [-0.39, 0.29) is 17.3 Å². The zero-order valence-electron chi connectivity index (χ0n) is 17.0. The molecule has 0 radical (unpaired) electrons. The molecule has 0 aliphatic carbocycles. The van der Waals surface area contributed by atoms with Crippen molar-refractivity contribution in [1.29, 1.82) is 0 Å². The van der Waals surface area contributed by atoms with Gasteiger partial charge >= 0.3 is 6.18 Å². The van der Waals surface area contributed by atoms with Gasteiger partial charge in [-0.05, 0) is 36.8 Å². The fourth-order valence-electron chi connectivity index (χ4n) is 2.71. The fraction of sp³-hybridized carbons (Fsp3) is 0.238. The monoisotopic (exact) mass is 447 g/mol. The van der Waals surface area contributed by atoms with Crippen molar-refractivity contribution in [1.82, 2.24) is 9.97 Å². The van der Waals surface area contributed by atoms with Crippen molar-refractivity contribution in [2.45, 2.75) is 25.9 Å². The van der Waals surface area contributed by atoms with Crippen LogP contribution in [0.1, 0.15) is 25.3 Å². The third-order valence-corrected chi connectivity index (χ3v) is 4.33. The molecule has 0 unspecified atom stereocenters. The molecule has 0 aliphatic rings. The number of para-hydroxylation sites is 2. The number of alkyl halides is 3. The summed E-state index contributed by atoms with van der Waals surface area (Å²) in [4.78, 5) is 18.1. The van der Waals surface area contributed by atoms with Crippen molar-refractivity contribution in [2.24, 2.45) is 0 Å². The first kappa shape index (κ1) is 22.8. The summed E-state index contributed by atoms with van der Waals surface area (Å²) in [5.41, 5.74) is -1.13.